The van der Waals surface area contributed by atoms with Gasteiger partial charge < -0.3 is 14.5 Å². The maximum atomic E-state index is 5.50. The molecule has 3 nitrogen and oxygen atoms in total. The Morgan fingerprint density at radius 1 is 1.17 bits per heavy atom. The van der Waals surface area contributed by atoms with E-state index in [2.05, 4.69) is 29.6 Å². The molecule has 0 amide bonds. The van der Waals surface area contributed by atoms with Gasteiger partial charge in [-0.3, -0.25) is 0 Å². The van der Waals surface area contributed by atoms with Gasteiger partial charge in [-0.05, 0) is 24.1 Å². The summed E-state index contributed by atoms with van der Waals surface area (Å²) in [4.78, 5) is 0. The second-order valence-corrected chi connectivity index (χ2v) is 4.20. The Bertz CT molecular complexity index is 425. The van der Waals surface area contributed by atoms with Crippen molar-refractivity contribution in [1.82, 2.24) is 5.32 Å². The molecule has 1 aromatic carbocycles. The van der Waals surface area contributed by atoms with Gasteiger partial charge in [-0.25, -0.2) is 0 Å². The molecule has 0 radical (unpaired) electrons. The molecular weight excluding hydrogens is 226 g/mol. The molecule has 0 bridgehead atoms. The second-order valence-electron chi connectivity index (χ2n) is 4.20. The van der Waals surface area contributed by atoms with Gasteiger partial charge in [0.25, 0.3) is 0 Å². The fraction of sp³-hybridized carbons (Fsp3) is 0.333. The molecule has 2 aromatic rings. The fourth-order valence-corrected chi connectivity index (χ4v) is 1.95. The first-order chi connectivity index (χ1) is 8.90. The molecule has 1 heterocycles. The van der Waals surface area contributed by atoms with Crippen LogP contribution < -0.4 is 5.32 Å². The Kier molecular flexibility index (Phi) is 5.00. The summed E-state index contributed by atoms with van der Waals surface area (Å²) in [7, 11) is 1.71. The van der Waals surface area contributed by atoms with Gasteiger partial charge in [0.1, 0.15) is 5.76 Å². The van der Waals surface area contributed by atoms with Gasteiger partial charge in [0.05, 0.1) is 18.9 Å². The van der Waals surface area contributed by atoms with Crippen LogP contribution in [0, 0.1) is 0 Å². The van der Waals surface area contributed by atoms with E-state index in [9.17, 15) is 0 Å². The molecule has 18 heavy (non-hydrogen) atoms. The van der Waals surface area contributed by atoms with Crippen LogP contribution in [-0.2, 0) is 11.2 Å². The molecule has 0 aliphatic rings. The van der Waals surface area contributed by atoms with Crippen molar-refractivity contribution in [2.24, 2.45) is 0 Å². The summed E-state index contributed by atoms with van der Waals surface area (Å²) >= 11 is 0. The molecule has 0 aliphatic carbocycles. The first kappa shape index (κ1) is 12.9. The first-order valence-electron chi connectivity index (χ1n) is 6.20. The van der Waals surface area contributed by atoms with Crippen molar-refractivity contribution >= 4 is 0 Å². The number of furan rings is 1. The lowest BCUT2D eigenvalue weighted by molar-refractivity contribution is 0.194. The normalized spacial score (nSPS) is 12.5. The van der Waals surface area contributed by atoms with Gasteiger partial charge >= 0.3 is 0 Å². The molecule has 3 heteroatoms. The van der Waals surface area contributed by atoms with E-state index < -0.39 is 0 Å². The smallest absolute Gasteiger partial charge is 0.121 e. The minimum absolute atomic E-state index is 0.192. The standard InChI is InChI=1S/C15H19NO2/c1-17-11-9-16-14(15-8-5-10-18-15)12-13-6-3-2-4-7-13/h2-8,10,14,16H,9,11-12H2,1H3/t14-/m0/s1. The summed E-state index contributed by atoms with van der Waals surface area (Å²) in [6.07, 6.45) is 2.63. The SMILES string of the molecule is COCCN[C@@H](Cc1ccccc1)c1ccco1. The first-order valence-corrected chi connectivity index (χ1v) is 6.20. The van der Waals surface area contributed by atoms with Gasteiger partial charge in [0.15, 0.2) is 0 Å². The third-order valence-electron chi connectivity index (χ3n) is 2.87. The van der Waals surface area contributed by atoms with Gasteiger partial charge in [-0.2, -0.15) is 0 Å². The molecule has 1 atom stereocenters. The highest BCUT2D eigenvalue weighted by molar-refractivity contribution is 5.18. The Balaban J connectivity index is 2.01. The van der Waals surface area contributed by atoms with E-state index in [1.54, 1.807) is 13.4 Å². The largest absolute Gasteiger partial charge is 0.468 e. The summed E-state index contributed by atoms with van der Waals surface area (Å²) in [5, 5.41) is 3.45. The third kappa shape index (κ3) is 3.72. The average Bonchev–Trinajstić information content (AvgIpc) is 2.93. The summed E-state index contributed by atoms with van der Waals surface area (Å²) in [5.74, 6) is 0.968. The van der Waals surface area contributed by atoms with Gasteiger partial charge in [0, 0.05) is 13.7 Å². The molecule has 0 saturated carbocycles. The zero-order valence-corrected chi connectivity index (χ0v) is 10.6. The van der Waals surface area contributed by atoms with Crippen molar-refractivity contribution in [3.8, 4) is 0 Å². The monoisotopic (exact) mass is 245 g/mol. The maximum Gasteiger partial charge on any atom is 0.121 e. The maximum absolute atomic E-state index is 5.50. The van der Waals surface area contributed by atoms with E-state index in [1.807, 2.05) is 18.2 Å². The zero-order chi connectivity index (χ0) is 12.6. The molecule has 1 N–H and O–H groups in total. The lowest BCUT2D eigenvalue weighted by Gasteiger charge is -2.16. The number of benzene rings is 1. The lowest BCUT2D eigenvalue weighted by Crippen LogP contribution is -2.26. The summed E-state index contributed by atoms with van der Waals surface area (Å²) < 4.78 is 10.6. The Labute approximate surface area is 108 Å². The van der Waals surface area contributed by atoms with Crippen LogP contribution >= 0.6 is 0 Å². The quantitative estimate of drug-likeness (QED) is 0.762. The van der Waals surface area contributed by atoms with Crippen LogP contribution in [0.2, 0.25) is 0 Å². The highest BCUT2D eigenvalue weighted by atomic mass is 16.5. The third-order valence-corrected chi connectivity index (χ3v) is 2.87. The number of rotatable bonds is 7. The van der Waals surface area contributed by atoms with Crippen molar-refractivity contribution < 1.29 is 9.15 Å². The van der Waals surface area contributed by atoms with Crippen LogP contribution in [0.3, 0.4) is 0 Å². The number of hydrogen-bond acceptors (Lipinski definition) is 3. The van der Waals surface area contributed by atoms with Crippen LogP contribution in [0.5, 0.6) is 0 Å². The average molecular weight is 245 g/mol. The van der Waals surface area contributed by atoms with Crippen molar-refractivity contribution in [3.63, 3.8) is 0 Å². The molecule has 0 unspecified atom stereocenters. The van der Waals surface area contributed by atoms with Crippen molar-refractivity contribution in [3.05, 3.63) is 60.1 Å². The van der Waals surface area contributed by atoms with E-state index in [1.165, 1.54) is 5.56 Å². The van der Waals surface area contributed by atoms with Crippen molar-refractivity contribution in [2.75, 3.05) is 20.3 Å². The molecule has 1 aromatic heterocycles. The van der Waals surface area contributed by atoms with Gasteiger partial charge in [0.2, 0.25) is 0 Å². The van der Waals surface area contributed by atoms with Gasteiger partial charge in [-0.15, -0.1) is 0 Å². The number of ether oxygens (including phenoxy) is 1. The second kappa shape index (κ2) is 6.99. The highest BCUT2D eigenvalue weighted by Crippen LogP contribution is 2.18. The van der Waals surface area contributed by atoms with Gasteiger partial charge in [-0.1, -0.05) is 30.3 Å². The Hall–Kier alpha value is -1.58. The predicted molar refractivity (Wildman–Crippen MR) is 71.5 cm³/mol. The zero-order valence-electron chi connectivity index (χ0n) is 10.6. The summed E-state index contributed by atoms with van der Waals surface area (Å²) in [6.45, 7) is 1.51. The molecule has 0 aliphatic heterocycles. The van der Waals surface area contributed by atoms with E-state index >= 15 is 0 Å². The molecule has 96 valence electrons. The minimum Gasteiger partial charge on any atom is -0.468 e. The van der Waals surface area contributed by atoms with Crippen LogP contribution in [0.25, 0.3) is 0 Å². The molecule has 0 fully saturated rings. The Morgan fingerprint density at radius 2 is 2.00 bits per heavy atom. The van der Waals surface area contributed by atoms with E-state index in [0.717, 1.165) is 18.7 Å². The molecule has 0 spiro atoms. The number of methoxy groups -OCH3 is 1. The summed E-state index contributed by atoms with van der Waals surface area (Å²) in [5.41, 5.74) is 1.30. The number of hydrogen-bond donors (Lipinski definition) is 1. The highest BCUT2D eigenvalue weighted by Gasteiger charge is 2.13. The van der Waals surface area contributed by atoms with Crippen LogP contribution in [0.15, 0.2) is 53.1 Å². The lowest BCUT2D eigenvalue weighted by atomic mass is 10.0. The minimum atomic E-state index is 0.192. The van der Waals surface area contributed by atoms with Crippen LogP contribution in [0.1, 0.15) is 17.4 Å². The van der Waals surface area contributed by atoms with E-state index in [0.29, 0.717) is 6.61 Å². The van der Waals surface area contributed by atoms with Crippen LogP contribution in [-0.4, -0.2) is 20.3 Å². The molecular formula is C15H19NO2. The summed E-state index contributed by atoms with van der Waals surface area (Å²) in [6, 6.07) is 14.5. The fourth-order valence-electron chi connectivity index (χ4n) is 1.95. The van der Waals surface area contributed by atoms with Crippen LogP contribution in [0.4, 0.5) is 0 Å². The Morgan fingerprint density at radius 3 is 2.67 bits per heavy atom. The molecule has 2 rings (SSSR count). The van der Waals surface area contributed by atoms with Crippen molar-refractivity contribution in [1.29, 1.82) is 0 Å². The molecule has 0 saturated heterocycles. The number of nitrogens with one attached hydrogen (secondary N) is 1. The van der Waals surface area contributed by atoms with E-state index in [-0.39, 0.29) is 6.04 Å². The van der Waals surface area contributed by atoms with Crippen molar-refractivity contribution in [2.45, 2.75) is 12.5 Å². The topological polar surface area (TPSA) is 34.4 Å². The van der Waals surface area contributed by atoms with E-state index in [4.69, 9.17) is 9.15 Å². The predicted octanol–water partition coefficient (Wildman–Crippen LogP) is 2.80.